The molecule has 0 aromatic carbocycles. The van der Waals surface area contributed by atoms with E-state index in [1.165, 1.54) is 218 Å². The van der Waals surface area contributed by atoms with Gasteiger partial charge >= 0.3 is 33.6 Å². The average Bonchev–Trinajstić information content (AvgIpc) is 0.837. The number of aliphatic hydroxyl groups is 2. The van der Waals surface area contributed by atoms with Crippen LogP contribution in [0.3, 0.4) is 0 Å². The Hall–Kier alpha value is -3.79. The van der Waals surface area contributed by atoms with Crippen LogP contribution in [0.5, 0.6) is 0 Å². The molecule has 0 aromatic rings. The van der Waals surface area contributed by atoms with Crippen molar-refractivity contribution < 1.29 is 75.8 Å². The quantitative estimate of drug-likeness (QED) is 0.0146. The van der Waals surface area contributed by atoms with Crippen molar-refractivity contribution in [3.05, 3.63) is 109 Å². The molecule has 5 unspecified atom stereocenters. The second-order valence-corrected chi connectivity index (χ2v) is 32.6. The van der Waals surface area contributed by atoms with Crippen LogP contribution >= 0.6 is 15.6 Å². The van der Waals surface area contributed by atoms with Gasteiger partial charge in [0.1, 0.15) is 25.4 Å². The van der Waals surface area contributed by atoms with Gasteiger partial charge in [0.15, 0.2) is 6.10 Å². The van der Waals surface area contributed by atoms with E-state index in [9.17, 15) is 43.5 Å². The van der Waals surface area contributed by atoms with Crippen LogP contribution in [-0.2, 0) is 55.8 Å². The molecule has 0 amide bonds. The first-order chi connectivity index (χ1) is 53.2. The van der Waals surface area contributed by atoms with E-state index in [2.05, 4.69) is 130 Å². The normalized spacial score (nSPS) is 14.4. The number of hydrogen-bond donors (Lipinski definition) is 4. The third kappa shape index (κ3) is 84.9. The Balaban J connectivity index is 4.36. The van der Waals surface area contributed by atoms with Gasteiger partial charge in [0.2, 0.25) is 0 Å². The van der Waals surface area contributed by atoms with Crippen molar-refractivity contribution >= 4 is 33.6 Å². The molecule has 4 N–H and O–H groups in total. The van der Waals surface area contributed by atoms with E-state index in [1.807, 2.05) is 0 Å². The number of esters is 3. The first-order valence-corrected chi connectivity index (χ1v) is 47.2. The van der Waals surface area contributed by atoms with Crippen LogP contribution < -0.4 is 0 Å². The van der Waals surface area contributed by atoms with Crippen LogP contribution in [0.2, 0.25) is 0 Å². The minimum Gasteiger partial charge on any atom is -0.463 e. The largest absolute Gasteiger partial charge is 0.472 e. The molecule has 0 heterocycles. The Bertz CT molecular complexity index is 2420. The van der Waals surface area contributed by atoms with E-state index in [4.69, 9.17) is 32.3 Å². The van der Waals surface area contributed by atoms with E-state index >= 15 is 0 Å². The zero-order valence-electron chi connectivity index (χ0n) is 69.5. The Morgan fingerprint density at radius 1 is 0.266 bits per heavy atom. The number of aliphatic hydroxyl groups excluding tert-OH is 2. The maximum Gasteiger partial charge on any atom is 0.472 e. The van der Waals surface area contributed by atoms with Crippen molar-refractivity contribution in [1.82, 2.24) is 0 Å². The molecule has 0 saturated heterocycles. The summed E-state index contributed by atoms with van der Waals surface area (Å²) in [5.74, 6) is -1.55. The number of carbonyl (C=O) groups is 3. The summed E-state index contributed by atoms with van der Waals surface area (Å²) in [6, 6.07) is 0. The third-order valence-electron chi connectivity index (χ3n) is 19.0. The number of ether oxygens (including phenoxy) is 3. The molecular formula is C91H162O16P2. The van der Waals surface area contributed by atoms with Crippen LogP contribution in [0.4, 0.5) is 0 Å². The number of carbonyl (C=O) groups excluding carboxylic acids is 3. The van der Waals surface area contributed by atoms with E-state index in [-0.39, 0.29) is 19.3 Å². The zero-order valence-corrected chi connectivity index (χ0v) is 71.3. The molecule has 5 atom stereocenters. The molecule has 0 saturated carbocycles. The molecule has 0 rings (SSSR count). The number of allylic oxidation sites excluding steroid dienone is 18. The molecule has 0 spiro atoms. The fourth-order valence-electron chi connectivity index (χ4n) is 12.3. The van der Waals surface area contributed by atoms with Crippen molar-refractivity contribution in [3.63, 3.8) is 0 Å². The van der Waals surface area contributed by atoms with Gasteiger partial charge < -0.3 is 34.2 Å². The molecule has 18 heteroatoms. The molecule has 0 aromatic heterocycles. The zero-order chi connectivity index (χ0) is 79.4. The topological polar surface area (TPSA) is 231 Å². The monoisotopic (exact) mass is 1570 g/mol. The van der Waals surface area contributed by atoms with E-state index in [0.29, 0.717) is 19.3 Å². The standard InChI is InChI=1S/C91H162O16P2/c1-4-7-10-13-16-19-22-24-26-28-30-32-34-36-38-40-42-44-46-48-50-52-54-56-58-60-63-65-68-71-74-77-89(94)101-80-86(92)81-103-108(97,98)104-82-87(93)83-105-109(99,100)106-85-88(107-91(96)79-76-73-70-67-62-21-18-15-12-9-6-3)84-102-90(95)78-75-72-69-66-64-61-59-57-55-53-51-49-47-45-43-41-39-37-35-33-31-29-27-25-23-20-17-14-11-8-5-2/h7,10,16-17,19-20,24-27,30-33,36-39,86-88,92-93H,4-6,8-9,11-15,18,21-23,28-29,34-35,40-85H2,1-3H3,(H,97,98)(H,99,100)/b10-7-,19-16-,20-17-,26-24-,27-25-,32-30-,33-31-,38-36-,39-37-. The predicted molar refractivity (Wildman–Crippen MR) is 454 cm³/mol. The van der Waals surface area contributed by atoms with Crippen molar-refractivity contribution in [2.75, 3.05) is 39.6 Å². The van der Waals surface area contributed by atoms with Gasteiger partial charge in [0.25, 0.3) is 0 Å². The SMILES string of the molecule is CC/C=C\C/C=C\C/C=C\C/C=C\C/C=C\CCCCCCCCCCCCCCCCCC(=O)OCC(O)COP(=O)(O)OCC(O)COP(=O)(O)OCC(COC(=O)CCCCCCCCCCCCCCCCC/C=C\C/C=C\C/C=C\C/C=C\CCCCC)OC(=O)CCCCCCCCCCCCC. The summed E-state index contributed by atoms with van der Waals surface area (Å²) in [5, 5.41) is 20.7. The van der Waals surface area contributed by atoms with Crippen LogP contribution in [-0.4, -0.2) is 95.9 Å². The Kier molecular flexibility index (Phi) is 80.7. The van der Waals surface area contributed by atoms with Crippen molar-refractivity contribution in [2.24, 2.45) is 0 Å². The molecule has 16 nitrogen and oxygen atoms in total. The lowest BCUT2D eigenvalue weighted by atomic mass is 10.0. The van der Waals surface area contributed by atoms with Gasteiger partial charge in [0.05, 0.1) is 26.4 Å². The molecular weight excluding hydrogens is 1410 g/mol. The Morgan fingerprint density at radius 3 is 0.789 bits per heavy atom. The van der Waals surface area contributed by atoms with Crippen LogP contribution in [0.25, 0.3) is 0 Å². The smallest absolute Gasteiger partial charge is 0.463 e. The molecule has 109 heavy (non-hydrogen) atoms. The van der Waals surface area contributed by atoms with Crippen molar-refractivity contribution in [3.8, 4) is 0 Å². The van der Waals surface area contributed by atoms with Crippen molar-refractivity contribution in [1.29, 1.82) is 0 Å². The summed E-state index contributed by atoms with van der Waals surface area (Å²) >= 11 is 0. The van der Waals surface area contributed by atoms with Gasteiger partial charge in [-0.2, -0.15) is 0 Å². The van der Waals surface area contributed by atoms with Gasteiger partial charge in [0, 0.05) is 19.3 Å². The fraction of sp³-hybridized carbons (Fsp3) is 0.769. The molecule has 0 aliphatic heterocycles. The number of rotatable bonds is 84. The minimum absolute atomic E-state index is 0.109. The van der Waals surface area contributed by atoms with Gasteiger partial charge in [-0.3, -0.25) is 32.5 Å². The van der Waals surface area contributed by atoms with Crippen LogP contribution in [0.15, 0.2) is 109 Å². The Labute approximate surface area is 666 Å². The number of phosphoric acid groups is 2. The maximum absolute atomic E-state index is 13.0. The number of phosphoric ester groups is 2. The summed E-state index contributed by atoms with van der Waals surface area (Å²) < 4.78 is 61.3. The third-order valence-corrected chi connectivity index (χ3v) is 20.9. The van der Waals surface area contributed by atoms with E-state index < -0.39 is 91.5 Å². The highest BCUT2D eigenvalue weighted by Gasteiger charge is 2.29. The van der Waals surface area contributed by atoms with Gasteiger partial charge in [-0.1, -0.05) is 374 Å². The average molecular weight is 1570 g/mol. The summed E-state index contributed by atoms with van der Waals surface area (Å²) in [6.07, 6.45) is 100. The molecule has 0 aliphatic rings. The second kappa shape index (κ2) is 83.6. The lowest BCUT2D eigenvalue weighted by Crippen LogP contribution is -2.30. The second-order valence-electron chi connectivity index (χ2n) is 29.7. The lowest BCUT2D eigenvalue weighted by Gasteiger charge is -2.21. The molecule has 0 aliphatic carbocycles. The molecule has 0 radical (unpaired) electrons. The maximum atomic E-state index is 13.0. The first-order valence-electron chi connectivity index (χ1n) is 44.2. The minimum atomic E-state index is -4.93. The molecule has 0 fully saturated rings. The number of hydrogen-bond acceptors (Lipinski definition) is 14. The number of unbranched alkanes of at least 4 members (excludes halogenated alkanes) is 43. The lowest BCUT2D eigenvalue weighted by molar-refractivity contribution is -0.161. The highest BCUT2D eigenvalue weighted by Crippen LogP contribution is 2.45. The summed E-state index contributed by atoms with van der Waals surface area (Å²) in [5.41, 5.74) is 0. The summed E-state index contributed by atoms with van der Waals surface area (Å²) in [6.45, 7) is 2.59. The molecule has 632 valence electrons. The summed E-state index contributed by atoms with van der Waals surface area (Å²) in [4.78, 5) is 58.7. The molecule has 0 bridgehead atoms. The van der Waals surface area contributed by atoms with Gasteiger partial charge in [-0.15, -0.1) is 0 Å². The van der Waals surface area contributed by atoms with E-state index in [1.54, 1.807) is 0 Å². The first kappa shape index (κ1) is 105. The van der Waals surface area contributed by atoms with Gasteiger partial charge in [-0.05, 0) is 109 Å². The fourth-order valence-corrected chi connectivity index (χ4v) is 13.9. The predicted octanol–water partition coefficient (Wildman–Crippen LogP) is 26.7. The summed E-state index contributed by atoms with van der Waals surface area (Å²) in [7, 11) is -9.78. The van der Waals surface area contributed by atoms with Crippen LogP contribution in [0.1, 0.15) is 393 Å². The Morgan fingerprint density at radius 2 is 0.486 bits per heavy atom. The van der Waals surface area contributed by atoms with Crippen molar-refractivity contribution in [2.45, 2.75) is 411 Å². The highest BCUT2D eigenvalue weighted by atomic mass is 31.2. The van der Waals surface area contributed by atoms with Crippen LogP contribution in [0, 0.1) is 0 Å². The highest BCUT2D eigenvalue weighted by molar-refractivity contribution is 7.47. The van der Waals surface area contributed by atoms with E-state index in [0.717, 1.165) is 116 Å². The van der Waals surface area contributed by atoms with Gasteiger partial charge in [-0.25, -0.2) is 9.13 Å².